The molecular formula is C19H10Cl2FN3O2. The lowest BCUT2D eigenvalue weighted by Gasteiger charge is -2.15. The van der Waals surface area contributed by atoms with Gasteiger partial charge in [0, 0.05) is 11.2 Å². The fraction of sp³-hybridized carbons (Fsp3) is 0. The van der Waals surface area contributed by atoms with Gasteiger partial charge in [0.25, 0.3) is 5.56 Å². The summed E-state index contributed by atoms with van der Waals surface area (Å²) in [6, 6.07) is 12.0. The predicted molar refractivity (Wildman–Crippen MR) is 103 cm³/mol. The summed E-state index contributed by atoms with van der Waals surface area (Å²) in [5, 5.41) is 0.205. The Kier molecular flexibility index (Phi) is 4.30. The summed E-state index contributed by atoms with van der Waals surface area (Å²) in [5.74, 6) is -0.754. The number of pyridine rings is 1. The highest BCUT2D eigenvalue weighted by atomic mass is 35.5. The zero-order valence-electron chi connectivity index (χ0n) is 13.6. The lowest BCUT2D eigenvalue weighted by Crippen LogP contribution is -2.38. The van der Waals surface area contributed by atoms with Gasteiger partial charge in [-0.3, -0.25) is 14.3 Å². The van der Waals surface area contributed by atoms with Gasteiger partial charge in [-0.05, 0) is 42.5 Å². The molecule has 134 valence electrons. The summed E-state index contributed by atoms with van der Waals surface area (Å²) in [6.07, 6.45) is 2.90. The van der Waals surface area contributed by atoms with E-state index in [0.717, 1.165) is 10.6 Å². The van der Waals surface area contributed by atoms with Gasteiger partial charge in [0.15, 0.2) is 0 Å². The lowest BCUT2D eigenvalue weighted by molar-refractivity contribution is 0.629. The number of hydrogen-bond acceptors (Lipinski definition) is 3. The topological polar surface area (TPSA) is 56.9 Å². The predicted octanol–water partition coefficient (Wildman–Crippen LogP) is 3.98. The van der Waals surface area contributed by atoms with Gasteiger partial charge in [-0.15, -0.1) is 0 Å². The van der Waals surface area contributed by atoms with Crippen molar-refractivity contribution >= 4 is 34.1 Å². The fourth-order valence-corrected chi connectivity index (χ4v) is 3.22. The van der Waals surface area contributed by atoms with Crippen molar-refractivity contribution < 1.29 is 4.39 Å². The van der Waals surface area contributed by atoms with E-state index in [9.17, 15) is 14.0 Å². The second-order valence-electron chi connectivity index (χ2n) is 5.73. The van der Waals surface area contributed by atoms with Crippen LogP contribution in [-0.4, -0.2) is 14.1 Å². The molecule has 0 N–H and O–H groups in total. The Labute approximate surface area is 161 Å². The number of benzene rings is 2. The normalized spacial score (nSPS) is 11.1. The van der Waals surface area contributed by atoms with Crippen molar-refractivity contribution in [3.63, 3.8) is 0 Å². The molecule has 0 saturated heterocycles. The Morgan fingerprint density at radius 3 is 2.41 bits per heavy atom. The summed E-state index contributed by atoms with van der Waals surface area (Å²) in [4.78, 5) is 30.1. The third-order valence-electron chi connectivity index (χ3n) is 4.07. The smallest absolute Gasteiger partial charge is 0.268 e. The lowest BCUT2D eigenvalue weighted by atomic mass is 10.2. The summed E-state index contributed by atoms with van der Waals surface area (Å²) in [6.45, 7) is 0. The number of nitrogens with zero attached hydrogens (tertiary/aromatic N) is 3. The van der Waals surface area contributed by atoms with Crippen LogP contribution in [0, 0.1) is 5.82 Å². The Balaban J connectivity index is 2.23. The molecule has 4 aromatic rings. The third-order valence-corrected chi connectivity index (χ3v) is 4.59. The highest BCUT2D eigenvalue weighted by molar-refractivity contribution is 6.31. The van der Waals surface area contributed by atoms with Crippen LogP contribution in [0.2, 0.25) is 10.0 Å². The first-order valence-corrected chi connectivity index (χ1v) is 8.56. The average molecular weight is 402 g/mol. The molecule has 2 aromatic carbocycles. The van der Waals surface area contributed by atoms with E-state index in [1.165, 1.54) is 23.0 Å². The van der Waals surface area contributed by atoms with Crippen LogP contribution in [0.1, 0.15) is 0 Å². The van der Waals surface area contributed by atoms with Crippen molar-refractivity contribution in [2.24, 2.45) is 0 Å². The van der Waals surface area contributed by atoms with Crippen molar-refractivity contribution in [2.75, 3.05) is 0 Å². The highest BCUT2D eigenvalue weighted by Crippen LogP contribution is 2.23. The Morgan fingerprint density at radius 2 is 1.70 bits per heavy atom. The molecule has 0 saturated carbocycles. The van der Waals surface area contributed by atoms with E-state index < -0.39 is 17.1 Å². The molecule has 4 rings (SSSR count). The zero-order chi connectivity index (χ0) is 19.1. The molecule has 2 heterocycles. The molecule has 0 unspecified atom stereocenters. The molecule has 8 heteroatoms. The second-order valence-corrected chi connectivity index (χ2v) is 6.58. The number of aromatic nitrogens is 3. The van der Waals surface area contributed by atoms with Gasteiger partial charge in [0.05, 0.1) is 33.5 Å². The van der Waals surface area contributed by atoms with Crippen LogP contribution >= 0.6 is 23.2 Å². The van der Waals surface area contributed by atoms with Crippen molar-refractivity contribution in [1.82, 2.24) is 14.1 Å². The standard InChI is InChI=1S/C19H10Cl2FN3O2/c20-11-3-1-4-12(7-11)24-17-9-15(21)16(22)8-14(17)18(26)25(19(24)27)13-5-2-6-23-10-13/h1-10H. The molecule has 0 bridgehead atoms. The summed E-state index contributed by atoms with van der Waals surface area (Å²) >= 11 is 12.0. The van der Waals surface area contributed by atoms with Gasteiger partial charge in [-0.25, -0.2) is 13.8 Å². The van der Waals surface area contributed by atoms with Crippen LogP contribution in [0.3, 0.4) is 0 Å². The molecule has 0 radical (unpaired) electrons. The second kappa shape index (κ2) is 6.64. The van der Waals surface area contributed by atoms with E-state index >= 15 is 0 Å². The molecule has 5 nitrogen and oxygen atoms in total. The van der Waals surface area contributed by atoms with Crippen LogP contribution in [0.5, 0.6) is 0 Å². The zero-order valence-corrected chi connectivity index (χ0v) is 15.1. The van der Waals surface area contributed by atoms with Gasteiger partial charge in [0.2, 0.25) is 0 Å². The monoisotopic (exact) mass is 401 g/mol. The van der Waals surface area contributed by atoms with E-state index in [1.807, 2.05) is 0 Å². The average Bonchev–Trinajstić information content (AvgIpc) is 2.65. The molecule has 0 aliphatic carbocycles. The Morgan fingerprint density at radius 1 is 0.926 bits per heavy atom. The molecule has 0 spiro atoms. The van der Waals surface area contributed by atoms with Crippen molar-refractivity contribution in [1.29, 1.82) is 0 Å². The van der Waals surface area contributed by atoms with E-state index in [-0.39, 0.29) is 21.6 Å². The number of halogens is 3. The van der Waals surface area contributed by atoms with E-state index in [4.69, 9.17) is 23.2 Å². The van der Waals surface area contributed by atoms with Gasteiger partial charge < -0.3 is 0 Å². The fourth-order valence-electron chi connectivity index (χ4n) is 2.88. The van der Waals surface area contributed by atoms with Crippen LogP contribution in [-0.2, 0) is 0 Å². The van der Waals surface area contributed by atoms with Crippen molar-refractivity contribution in [3.05, 3.63) is 97.6 Å². The van der Waals surface area contributed by atoms with E-state index in [0.29, 0.717) is 10.7 Å². The minimum Gasteiger partial charge on any atom is -0.268 e. The first-order chi connectivity index (χ1) is 13.0. The largest absolute Gasteiger partial charge is 0.340 e. The van der Waals surface area contributed by atoms with E-state index in [1.54, 1.807) is 36.4 Å². The van der Waals surface area contributed by atoms with E-state index in [2.05, 4.69) is 4.98 Å². The SMILES string of the molecule is O=c1c2cc(F)c(Cl)cc2n(-c2cccc(Cl)c2)c(=O)n1-c1cccnc1. The maximum Gasteiger partial charge on any atom is 0.340 e. The first-order valence-electron chi connectivity index (χ1n) is 7.80. The molecule has 0 aliphatic heterocycles. The quantitative estimate of drug-likeness (QED) is 0.510. The number of rotatable bonds is 2. The molecule has 27 heavy (non-hydrogen) atoms. The van der Waals surface area contributed by atoms with Gasteiger partial charge >= 0.3 is 5.69 Å². The summed E-state index contributed by atoms with van der Waals surface area (Å²) < 4.78 is 16.3. The number of fused-ring (bicyclic) bond motifs is 1. The Hall–Kier alpha value is -2.96. The molecule has 0 aliphatic rings. The molecule has 0 fully saturated rings. The summed E-state index contributed by atoms with van der Waals surface area (Å²) in [7, 11) is 0. The molecular weight excluding hydrogens is 392 g/mol. The summed E-state index contributed by atoms with van der Waals surface area (Å²) in [5.41, 5.74) is -0.459. The van der Waals surface area contributed by atoms with Crippen molar-refractivity contribution in [3.8, 4) is 11.4 Å². The maximum atomic E-state index is 14.1. The van der Waals surface area contributed by atoms with Crippen LogP contribution < -0.4 is 11.2 Å². The van der Waals surface area contributed by atoms with Gasteiger partial charge in [0.1, 0.15) is 5.82 Å². The van der Waals surface area contributed by atoms with Gasteiger partial charge in [-0.1, -0.05) is 29.3 Å². The molecule has 0 amide bonds. The maximum absolute atomic E-state index is 14.1. The molecule has 2 aromatic heterocycles. The van der Waals surface area contributed by atoms with Crippen LogP contribution in [0.25, 0.3) is 22.3 Å². The third kappa shape index (κ3) is 2.93. The van der Waals surface area contributed by atoms with Crippen molar-refractivity contribution in [2.45, 2.75) is 0 Å². The number of hydrogen-bond donors (Lipinski definition) is 0. The Bertz CT molecular complexity index is 1300. The first kappa shape index (κ1) is 17.5. The van der Waals surface area contributed by atoms with Gasteiger partial charge in [-0.2, -0.15) is 0 Å². The van der Waals surface area contributed by atoms with Crippen LogP contribution in [0.15, 0.2) is 70.5 Å². The minimum absolute atomic E-state index is 0.000304. The minimum atomic E-state index is -0.754. The highest BCUT2D eigenvalue weighted by Gasteiger charge is 2.18. The van der Waals surface area contributed by atoms with Crippen LogP contribution in [0.4, 0.5) is 4.39 Å². The molecule has 0 atom stereocenters.